The van der Waals surface area contributed by atoms with Crippen LogP contribution in [-0.2, 0) is 16.4 Å². The second-order valence-electron chi connectivity index (χ2n) is 4.19. The van der Waals surface area contributed by atoms with Crippen molar-refractivity contribution in [3.8, 4) is 0 Å². The number of anilines is 1. The molecule has 0 bridgehead atoms. The van der Waals surface area contributed by atoms with Gasteiger partial charge >= 0.3 is 0 Å². The van der Waals surface area contributed by atoms with E-state index < -0.39 is 10.0 Å². The zero-order valence-electron chi connectivity index (χ0n) is 10.7. The van der Waals surface area contributed by atoms with Gasteiger partial charge in [-0.25, -0.2) is 13.4 Å². The topological polar surface area (TPSA) is 59.1 Å². The Morgan fingerprint density at radius 3 is 2.58 bits per heavy atom. The molecule has 1 N–H and O–H groups in total. The van der Waals surface area contributed by atoms with Gasteiger partial charge in [-0.2, -0.15) is 0 Å². The number of thiazole rings is 1. The molecule has 0 unspecified atom stereocenters. The fourth-order valence-electron chi connectivity index (χ4n) is 1.66. The average molecular weight is 296 g/mol. The molecular weight excluding hydrogens is 280 g/mol. The first-order valence-corrected chi connectivity index (χ1v) is 8.49. The summed E-state index contributed by atoms with van der Waals surface area (Å²) in [5.41, 5.74) is 1.16. The number of benzene rings is 1. The molecule has 0 aliphatic rings. The summed E-state index contributed by atoms with van der Waals surface area (Å²) in [6.07, 6.45) is 4.79. The Morgan fingerprint density at radius 1 is 1.26 bits per heavy atom. The van der Waals surface area contributed by atoms with Crippen LogP contribution in [0, 0.1) is 0 Å². The third-order valence-corrected chi connectivity index (χ3v) is 4.88. The van der Waals surface area contributed by atoms with Crippen molar-refractivity contribution in [3.63, 3.8) is 0 Å². The fraction of sp³-hybridized carbons (Fsp3) is 0.308. The molecule has 2 rings (SSSR count). The van der Waals surface area contributed by atoms with E-state index in [4.69, 9.17) is 0 Å². The first-order chi connectivity index (χ1) is 9.12. The lowest BCUT2D eigenvalue weighted by molar-refractivity contribution is 0.601. The van der Waals surface area contributed by atoms with Crippen molar-refractivity contribution in [2.24, 2.45) is 0 Å². The lowest BCUT2D eigenvalue weighted by atomic mass is 10.1. The summed E-state index contributed by atoms with van der Waals surface area (Å²) in [6.45, 7) is 2.14. The number of sulfonamides is 1. The van der Waals surface area contributed by atoms with Gasteiger partial charge in [-0.1, -0.05) is 25.5 Å². The van der Waals surface area contributed by atoms with E-state index in [2.05, 4.69) is 16.6 Å². The highest BCUT2D eigenvalue weighted by molar-refractivity contribution is 7.93. The summed E-state index contributed by atoms with van der Waals surface area (Å²) < 4.78 is 26.6. The lowest BCUT2D eigenvalue weighted by Gasteiger charge is -2.06. The Morgan fingerprint density at radius 2 is 2.00 bits per heavy atom. The van der Waals surface area contributed by atoms with Crippen LogP contribution < -0.4 is 4.72 Å². The predicted molar refractivity (Wildman–Crippen MR) is 78.0 cm³/mol. The molecule has 1 aromatic heterocycles. The maximum atomic E-state index is 12.1. The predicted octanol–water partition coefficient (Wildman–Crippen LogP) is 3.29. The first kappa shape index (κ1) is 14.0. The molecule has 2 aromatic rings. The van der Waals surface area contributed by atoms with Crippen molar-refractivity contribution in [2.45, 2.75) is 31.1 Å². The summed E-state index contributed by atoms with van der Waals surface area (Å²) in [5.74, 6) is 0. The van der Waals surface area contributed by atoms with Crippen molar-refractivity contribution >= 4 is 26.5 Å². The van der Waals surface area contributed by atoms with Gasteiger partial charge in [0.2, 0.25) is 0 Å². The number of nitrogens with one attached hydrogen (secondary N) is 1. The maximum absolute atomic E-state index is 12.1. The second-order valence-corrected chi connectivity index (χ2v) is 6.77. The van der Waals surface area contributed by atoms with Gasteiger partial charge < -0.3 is 0 Å². The molecule has 6 heteroatoms. The normalized spacial score (nSPS) is 11.4. The standard InChI is InChI=1S/C13H16N2O2S2/c1-2-3-4-11-5-7-12(8-6-11)19(16,17)15-13-14-9-10-18-13/h5-10H,2-4H2,1H3,(H,14,15). The largest absolute Gasteiger partial charge is 0.263 e. The van der Waals surface area contributed by atoms with Crippen molar-refractivity contribution in [1.29, 1.82) is 0 Å². The second kappa shape index (κ2) is 6.16. The van der Waals surface area contributed by atoms with Crippen molar-refractivity contribution in [1.82, 2.24) is 4.98 Å². The Bertz CT molecular complexity index is 605. The Labute approximate surface area is 117 Å². The van der Waals surface area contributed by atoms with Crippen molar-refractivity contribution in [3.05, 3.63) is 41.4 Å². The molecule has 0 saturated carbocycles. The average Bonchev–Trinajstić information content (AvgIpc) is 2.89. The summed E-state index contributed by atoms with van der Waals surface area (Å²) in [4.78, 5) is 4.18. The SMILES string of the molecule is CCCCc1ccc(S(=O)(=O)Nc2nccs2)cc1. The number of nitrogens with zero attached hydrogens (tertiary/aromatic N) is 1. The van der Waals surface area contributed by atoms with Crippen molar-refractivity contribution in [2.75, 3.05) is 4.72 Å². The molecule has 0 spiro atoms. The molecule has 19 heavy (non-hydrogen) atoms. The van der Waals surface area contributed by atoms with Crippen LogP contribution in [0.1, 0.15) is 25.3 Å². The molecular formula is C13H16N2O2S2. The van der Waals surface area contributed by atoms with E-state index in [0.717, 1.165) is 24.8 Å². The van der Waals surface area contributed by atoms with Crippen LogP contribution in [0.25, 0.3) is 0 Å². The molecule has 0 aliphatic heterocycles. The van der Waals surface area contributed by atoms with E-state index in [0.29, 0.717) is 5.13 Å². The Balaban J connectivity index is 2.12. The number of unbranched alkanes of at least 4 members (excludes halogenated alkanes) is 1. The van der Waals surface area contributed by atoms with Crippen LogP contribution in [0.4, 0.5) is 5.13 Å². The number of rotatable bonds is 6. The molecule has 1 heterocycles. The van der Waals surface area contributed by atoms with Crippen LogP contribution in [-0.4, -0.2) is 13.4 Å². The lowest BCUT2D eigenvalue weighted by Crippen LogP contribution is -2.12. The number of aryl methyl sites for hydroxylation is 1. The van der Waals surface area contributed by atoms with Gasteiger partial charge in [0.25, 0.3) is 10.0 Å². The van der Waals surface area contributed by atoms with Crippen molar-refractivity contribution < 1.29 is 8.42 Å². The minimum absolute atomic E-state index is 0.267. The van der Waals surface area contributed by atoms with Gasteiger partial charge in [0.1, 0.15) is 0 Å². The van der Waals surface area contributed by atoms with Gasteiger partial charge in [-0.3, -0.25) is 4.72 Å². The molecule has 0 radical (unpaired) electrons. The van der Waals surface area contributed by atoms with Gasteiger partial charge in [-0.15, -0.1) is 11.3 Å². The van der Waals surface area contributed by atoms with Crippen LogP contribution >= 0.6 is 11.3 Å². The molecule has 0 fully saturated rings. The Kier molecular flexibility index (Phi) is 4.55. The van der Waals surface area contributed by atoms with Gasteiger partial charge in [0, 0.05) is 11.6 Å². The van der Waals surface area contributed by atoms with Gasteiger partial charge in [-0.05, 0) is 30.5 Å². The van der Waals surface area contributed by atoms with E-state index in [9.17, 15) is 8.42 Å². The summed E-state index contributed by atoms with van der Waals surface area (Å²) in [5, 5.41) is 2.11. The zero-order chi connectivity index (χ0) is 13.7. The first-order valence-electron chi connectivity index (χ1n) is 6.13. The highest BCUT2D eigenvalue weighted by atomic mass is 32.2. The minimum Gasteiger partial charge on any atom is -0.255 e. The van der Waals surface area contributed by atoms with E-state index >= 15 is 0 Å². The minimum atomic E-state index is -3.52. The monoisotopic (exact) mass is 296 g/mol. The van der Waals surface area contributed by atoms with E-state index in [-0.39, 0.29) is 4.90 Å². The number of hydrogen-bond acceptors (Lipinski definition) is 4. The fourth-order valence-corrected chi connectivity index (χ4v) is 3.45. The summed E-state index contributed by atoms with van der Waals surface area (Å²) in [7, 11) is -3.52. The summed E-state index contributed by atoms with van der Waals surface area (Å²) in [6, 6.07) is 7.01. The van der Waals surface area contributed by atoms with Crippen LogP contribution in [0.2, 0.25) is 0 Å². The quantitative estimate of drug-likeness (QED) is 0.890. The molecule has 0 aliphatic carbocycles. The third-order valence-electron chi connectivity index (χ3n) is 2.71. The smallest absolute Gasteiger partial charge is 0.255 e. The molecule has 4 nitrogen and oxygen atoms in total. The molecule has 1 aromatic carbocycles. The van der Waals surface area contributed by atoms with E-state index in [1.165, 1.54) is 11.3 Å². The van der Waals surface area contributed by atoms with Crippen LogP contribution in [0.3, 0.4) is 0 Å². The maximum Gasteiger partial charge on any atom is 0.263 e. The third kappa shape index (κ3) is 3.78. The number of hydrogen-bond donors (Lipinski definition) is 1. The molecule has 102 valence electrons. The van der Waals surface area contributed by atoms with Gasteiger partial charge in [0.05, 0.1) is 4.90 Å². The number of aromatic nitrogens is 1. The highest BCUT2D eigenvalue weighted by Crippen LogP contribution is 2.18. The summed E-state index contributed by atoms with van der Waals surface area (Å²) >= 11 is 1.26. The molecule has 0 amide bonds. The zero-order valence-corrected chi connectivity index (χ0v) is 12.3. The van der Waals surface area contributed by atoms with Crippen LogP contribution in [0.15, 0.2) is 40.7 Å². The molecule has 0 atom stereocenters. The van der Waals surface area contributed by atoms with Gasteiger partial charge in [0.15, 0.2) is 5.13 Å². The van der Waals surface area contributed by atoms with E-state index in [1.54, 1.807) is 23.7 Å². The van der Waals surface area contributed by atoms with E-state index in [1.807, 2.05) is 12.1 Å². The Hall–Kier alpha value is -1.40. The van der Waals surface area contributed by atoms with Crippen LogP contribution in [0.5, 0.6) is 0 Å². The molecule has 0 saturated heterocycles. The highest BCUT2D eigenvalue weighted by Gasteiger charge is 2.14.